The van der Waals surface area contributed by atoms with Crippen LogP contribution in [-0.4, -0.2) is 26.3 Å². The van der Waals surface area contributed by atoms with Crippen LogP contribution in [-0.2, 0) is 17.8 Å². The molecule has 1 aromatic heterocycles. The van der Waals surface area contributed by atoms with Crippen LogP contribution in [0.1, 0.15) is 12.7 Å². The molecule has 0 saturated heterocycles. The quantitative estimate of drug-likeness (QED) is 0.762. The van der Waals surface area contributed by atoms with Crippen LogP contribution >= 0.6 is 11.8 Å². The Morgan fingerprint density at radius 2 is 2.11 bits per heavy atom. The minimum absolute atomic E-state index is 0.0806. The van der Waals surface area contributed by atoms with Crippen molar-refractivity contribution in [2.24, 2.45) is 0 Å². The molecule has 0 saturated carbocycles. The van der Waals surface area contributed by atoms with Gasteiger partial charge in [0.05, 0.1) is 12.2 Å². The molecule has 6 heteroatoms. The molecule has 0 fully saturated rings. The van der Waals surface area contributed by atoms with Crippen molar-refractivity contribution < 1.29 is 9.18 Å². The fourth-order valence-corrected chi connectivity index (χ4v) is 2.37. The van der Waals surface area contributed by atoms with E-state index < -0.39 is 0 Å². The van der Waals surface area contributed by atoms with Crippen LogP contribution in [0.25, 0.3) is 0 Å². The first-order chi connectivity index (χ1) is 9.19. The highest BCUT2D eigenvalue weighted by Gasteiger charge is 2.10. The lowest BCUT2D eigenvalue weighted by molar-refractivity contribution is -0.116. The maximum absolute atomic E-state index is 12.7. The summed E-state index contributed by atoms with van der Waals surface area (Å²) in [5, 5.41) is 4.02. The van der Waals surface area contributed by atoms with E-state index in [1.165, 1.54) is 30.2 Å². The lowest BCUT2D eigenvalue weighted by Crippen LogP contribution is -2.12. The topological polar surface area (TPSA) is 47.8 Å². The molecular weight excluding hydrogens is 265 g/mol. The van der Waals surface area contributed by atoms with Gasteiger partial charge in [0.15, 0.2) is 5.78 Å². The third-order valence-electron chi connectivity index (χ3n) is 2.56. The van der Waals surface area contributed by atoms with E-state index in [4.69, 9.17) is 0 Å². The molecule has 0 radical (unpaired) electrons. The fraction of sp³-hybridized carbons (Fsp3) is 0.308. The highest BCUT2D eigenvalue weighted by molar-refractivity contribution is 8.00. The van der Waals surface area contributed by atoms with Crippen LogP contribution < -0.4 is 0 Å². The van der Waals surface area contributed by atoms with E-state index in [9.17, 15) is 9.18 Å². The third-order valence-corrected chi connectivity index (χ3v) is 3.64. The van der Waals surface area contributed by atoms with Crippen molar-refractivity contribution in [3.8, 4) is 0 Å². The number of nitrogens with zero attached hydrogens (tertiary/aromatic N) is 3. The Morgan fingerprint density at radius 1 is 1.37 bits per heavy atom. The monoisotopic (exact) mass is 279 g/mol. The van der Waals surface area contributed by atoms with E-state index in [2.05, 4.69) is 10.1 Å². The normalized spacial score (nSPS) is 10.6. The summed E-state index contributed by atoms with van der Waals surface area (Å²) in [6.45, 7) is 2.66. The van der Waals surface area contributed by atoms with Gasteiger partial charge < -0.3 is 0 Å². The maximum atomic E-state index is 12.7. The number of benzene rings is 1. The summed E-state index contributed by atoms with van der Waals surface area (Å²) in [7, 11) is 0. The molecule has 0 aliphatic rings. The first kappa shape index (κ1) is 13.7. The number of halogens is 1. The van der Waals surface area contributed by atoms with Crippen LogP contribution in [0.15, 0.2) is 35.5 Å². The predicted octanol–water partition coefficient (Wildman–Crippen LogP) is 2.34. The van der Waals surface area contributed by atoms with Gasteiger partial charge in [-0.15, -0.1) is 11.8 Å². The van der Waals surface area contributed by atoms with Crippen molar-refractivity contribution in [2.75, 3.05) is 5.75 Å². The Kier molecular flexibility index (Phi) is 4.68. The van der Waals surface area contributed by atoms with Gasteiger partial charge in [-0.1, -0.05) is 0 Å². The largest absolute Gasteiger partial charge is 0.298 e. The number of aromatic nitrogens is 3. The van der Waals surface area contributed by atoms with Crippen LogP contribution in [0, 0.1) is 5.82 Å². The van der Waals surface area contributed by atoms with Crippen molar-refractivity contribution in [2.45, 2.75) is 24.8 Å². The summed E-state index contributed by atoms with van der Waals surface area (Å²) in [4.78, 5) is 16.8. The molecular formula is C13H14FN3OS. The molecule has 4 nitrogen and oxygen atoms in total. The zero-order valence-corrected chi connectivity index (χ0v) is 11.4. The molecule has 0 aliphatic carbocycles. The van der Waals surface area contributed by atoms with Crippen LogP contribution in [0.4, 0.5) is 4.39 Å². The van der Waals surface area contributed by atoms with Gasteiger partial charge in [-0.2, -0.15) is 5.10 Å². The summed E-state index contributed by atoms with van der Waals surface area (Å²) in [5.41, 5.74) is 0. The molecule has 100 valence electrons. The summed E-state index contributed by atoms with van der Waals surface area (Å²) in [5.74, 6) is 0.846. The molecule has 2 aromatic rings. The zero-order valence-electron chi connectivity index (χ0n) is 10.5. The average molecular weight is 279 g/mol. The molecule has 0 spiro atoms. The standard InChI is InChI=1S/C13H14FN3OS/c1-2-17-13(15-9-16-17)7-11(18)8-19-12-5-3-10(14)4-6-12/h3-6,9H,2,7-8H2,1H3. The van der Waals surface area contributed by atoms with Gasteiger partial charge >= 0.3 is 0 Å². The van der Waals surface area contributed by atoms with Gasteiger partial charge in [-0.25, -0.2) is 14.1 Å². The molecule has 0 atom stereocenters. The summed E-state index contributed by atoms with van der Waals surface area (Å²) in [6.07, 6.45) is 1.74. The Bertz CT molecular complexity index is 553. The second-order valence-electron chi connectivity index (χ2n) is 3.95. The summed E-state index contributed by atoms with van der Waals surface area (Å²) >= 11 is 1.40. The van der Waals surface area contributed by atoms with Crippen LogP contribution in [0.2, 0.25) is 0 Å². The van der Waals surface area contributed by atoms with E-state index in [0.29, 0.717) is 18.1 Å². The van der Waals surface area contributed by atoms with Gasteiger partial charge in [0.25, 0.3) is 0 Å². The van der Waals surface area contributed by atoms with Crippen molar-refractivity contribution >= 4 is 17.5 Å². The van der Waals surface area contributed by atoms with Crippen molar-refractivity contribution in [1.82, 2.24) is 14.8 Å². The number of aryl methyl sites for hydroxylation is 1. The number of rotatable bonds is 6. The Morgan fingerprint density at radius 3 is 2.79 bits per heavy atom. The van der Waals surface area contributed by atoms with E-state index >= 15 is 0 Å². The molecule has 19 heavy (non-hydrogen) atoms. The number of ketones is 1. The van der Waals surface area contributed by atoms with E-state index in [1.807, 2.05) is 6.92 Å². The molecule has 1 aromatic carbocycles. The molecule has 0 bridgehead atoms. The molecule has 2 rings (SSSR count). The van der Waals surface area contributed by atoms with Gasteiger partial charge in [-0.3, -0.25) is 4.79 Å². The Labute approximate surface area is 115 Å². The van der Waals surface area contributed by atoms with Gasteiger partial charge in [0.1, 0.15) is 18.0 Å². The average Bonchev–Trinajstić information content (AvgIpc) is 2.85. The molecule has 0 amide bonds. The first-order valence-electron chi connectivity index (χ1n) is 5.95. The number of thioether (sulfide) groups is 1. The minimum atomic E-state index is -0.272. The molecule has 0 unspecified atom stereocenters. The maximum Gasteiger partial charge on any atom is 0.150 e. The molecule has 0 aliphatic heterocycles. The van der Waals surface area contributed by atoms with Crippen LogP contribution in [0.5, 0.6) is 0 Å². The number of carbonyl (C=O) groups is 1. The number of hydrogen-bond donors (Lipinski definition) is 0. The third kappa shape index (κ3) is 3.89. The summed E-state index contributed by atoms with van der Waals surface area (Å²) < 4.78 is 14.4. The Balaban J connectivity index is 1.86. The molecule has 0 N–H and O–H groups in total. The second kappa shape index (κ2) is 6.47. The number of hydrogen-bond acceptors (Lipinski definition) is 4. The highest BCUT2D eigenvalue weighted by atomic mass is 32.2. The lowest BCUT2D eigenvalue weighted by atomic mass is 10.3. The number of carbonyl (C=O) groups excluding carboxylic acids is 1. The van der Waals surface area contributed by atoms with Crippen molar-refractivity contribution in [1.29, 1.82) is 0 Å². The molecule has 1 heterocycles. The van der Waals surface area contributed by atoms with Crippen molar-refractivity contribution in [3.63, 3.8) is 0 Å². The SMILES string of the molecule is CCn1ncnc1CC(=O)CSc1ccc(F)cc1. The van der Waals surface area contributed by atoms with Gasteiger partial charge in [0, 0.05) is 11.4 Å². The number of Topliss-reactive ketones (excluding diaryl/α,β-unsaturated/α-hetero) is 1. The van der Waals surface area contributed by atoms with Gasteiger partial charge in [0.2, 0.25) is 0 Å². The fourth-order valence-electron chi connectivity index (χ4n) is 1.61. The van der Waals surface area contributed by atoms with E-state index in [-0.39, 0.29) is 18.0 Å². The van der Waals surface area contributed by atoms with Crippen LogP contribution in [0.3, 0.4) is 0 Å². The Hall–Kier alpha value is -1.69. The first-order valence-corrected chi connectivity index (χ1v) is 6.94. The zero-order chi connectivity index (χ0) is 13.7. The van der Waals surface area contributed by atoms with E-state index in [1.54, 1.807) is 16.8 Å². The van der Waals surface area contributed by atoms with E-state index in [0.717, 1.165) is 4.90 Å². The minimum Gasteiger partial charge on any atom is -0.298 e. The predicted molar refractivity (Wildman–Crippen MR) is 71.5 cm³/mol. The second-order valence-corrected chi connectivity index (χ2v) is 5.00. The smallest absolute Gasteiger partial charge is 0.150 e. The lowest BCUT2D eigenvalue weighted by Gasteiger charge is -2.03. The van der Waals surface area contributed by atoms with Crippen molar-refractivity contribution in [3.05, 3.63) is 42.2 Å². The summed E-state index contributed by atoms with van der Waals surface area (Å²) in [6, 6.07) is 6.12. The highest BCUT2D eigenvalue weighted by Crippen LogP contribution is 2.18. The van der Waals surface area contributed by atoms with Gasteiger partial charge in [-0.05, 0) is 31.2 Å².